The Kier molecular flexibility index (Phi) is 6.86. The van der Waals surface area contributed by atoms with Crippen molar-refractivity contribution in [1.29, 1.82) is 0 Å². The molecule has 1 fully saturated rings. The van der Waals surface area contributed by atoms with Gasteiger partial charge >= 0.3 is 0 Å². The fraction of sp³-hybridized carbons (Fsp3) is 0.560. The Balaban J connectivity index is 1.67. The molecular weight excluding hydrogens is 388 g/mol. The lowest BCUT2D eigenvalue weighted by Crippen LogP contribution is -2.47. The summed E-state index contributed by atoms with van der Waals surface area (Å²) in [5.74, 6) is 1.99. The van der Waals surface area contributed by atoms with Crippen LogP contribution in [0.1, 0.15) is 57.7 Å². The molecule has 0 aliphatic carbocycles. The van der Waals surface area contributed by atoms with E-state index in [-0.39, 0.29) is 18.1 Å². The van der Waals surface area contributed by atoms with Gasteiger partial charge in [0.2, 0.25) is 5.91 Å². The first kappa shape index (κ1) is 21.8. The minimum Gasteiger partial charge on any atom is -0.372 e. The number of nitrogens with zero attached hydrogens (tertiary/aromatic N) is 4. The minimum absolute atomic E-state index is 0.143. The van der Waals surface area contributed by atoms with Gasteiger partial charge in [-0.2, -0.15) is 0 Å². The zero-order valence-electron chi connectivity index (χ0n) is 19.0. The topological polar surface area (TPSA) is 58.6 Å². The minimum atomic E-state index is 0.143. The van der Waals surface area contributed by atoms with Crippen molar-refractivity contribution in [2.45, 2.75) is 71.6 Å². The van der Waals surface area contributed by atoms with E-state index in [1.54, 1.807) is 0 Å². The first-order valence-electron chi connectivity index (χ1n) is 11.7. The van der Waals surface area contributed by atoms with Crippen molar-refractivity contribution in [3.8, 4) is 11.4 Å². The Hall–Kier alpha value is -2.47. The number of rotatable bonds is 6. The van der Waals surface area contributed by atoms with Crippen LogP contribution in [0.3, 0.4) is 0 Å². The third kappa shape index (κ3) is 5.06. The Morgan fingerprint density at radius 2 is 1.84 bits per heavy atom. The van der Waals surface area contributed by atoms with Crippen LogP contribution in [-0.4, -0.2) is 52.6 Å². The summed E-state index contributed by atoms with van der Waals surface area (Å²) in [6.45, 7) is 9.32. The van der Waals surface area contributed by atoms with Gasteiger partial charge in [-0.25, -0.2) is 9.97 Å². The summed E-state index contributed by atoms with van der Waals surface area (Å²) in [4.78, 5) is 27.1. The predicted octanol–water partition coefficient (Wildman–Crippen LogP) is 4.22. The molecule has 3 heterocycles. The highest BCUT2D eigenvalue weighted by molar-refractivity contribution is 5.77. The van der Waals surface area contributed by atoms with Crippen LogP contribution in [0.25, 0.3) is 11.4 Å². The second-order valence-electron chi connectivity index (χ2n) is 8.85. The van der Waals surface area contributed by atoms with Gasteiger partial charge in [0.1, 0.15) is 5.82 Å². The summed E-state index contributed by atoms with van der Waals surface area (Å²) >= 11 is 0. The normalized spacial score (nSPS) is 21.1. The van der Waals surface area contributed by atoms with E-state index in [4.69, 9.17) is 14.7 Å². The number of hydrogen-bond acceptors (Lipinski definition) is 5. The quantitative estimate of drug-likeness (QED) is 0.652. The molecule has 31 heavy (non-hydrogen) atoms. The highest BCUT2D eigenvalue weighted by Crippen LogP contribution is 2.31. The number of unbranched alkanes of at least 4 members (excludes halogenated alkanes) is 2. The average molecular weight is 423 g/mol. The monoisotopic (exact) mass is 422 g/mol. The molecule has 0 unspecified atom stereocenters. The molecule has 1 aromatic carbocycles. The van der Waals surface area contributed by atoms with Crippen LogP contribution in [0.4, 0.5) is 5.82 Å². The van der Waals surface area contributed by atoms with Crippen LogP contribution in [-0.2, 0) is 22.5 Å². The SMILES string of the molecule is CCCCCC(=O)N1CCc2nc(-c3ccccc3)nc(N3C[C@@H](C)O[C@@H](C)C3)c2C1. The third-order valence-electron chi connectivity index (χ3n) is 6.14. The summed E-state index contributed by atoms with van der Waals surface area (Å²) in [7, 11) is 0. The summed E-state index contributed by atoms with van der Waals surface area (Å²) in [5, 5.41) is 0. The number of anilines is 1. The molecule has 166 valence electrons. The second-order valence-corrected chi connectivity index (χ2v) is 8.85. The van der Waals surface area contributed by atoms with E-state index in [2.05, 4.69) is 37.8 Å². The number of fused-ring (bicyclic) bond motifs is 1. The molecule has 4 rings (SSSR count). The summed E-state index contributed by atoms with van der Waals surface area (Å²) in [6, 6.07) is 10.2. The average Bonchev–Trinajstić information content (AvgIpc) is 2.78. The van der Waals surface area contributed by atoms with E-state index in [1.807, 2.05) is 23.1 Å². The number of hydrogen-bond donors (Lipinski definition) is 0. The van der Waals surface area contributed by atoms with E-state index in [0.717, 1.165) is 73.8 Å². The van der Waals surface area contributed by atoms with Crippen LogP contribution >= 0.6 is 0 Å². The summed E-state index contributed by atoms with van der Waals surface area (Å²) in [5.41, 5.74) is 3.21. The molecule has 2 aliphatic rings. The molecule has 0 bridgehead atoms. The molecule has 0 saturated carbocycles. The van der Waals surface area contributed by atoms with Crippen LogP contribution in [0.2, 0.25) is 0 Å². The van der Waals surface area contributed by atoms with Crippen LogP contribution in [0.5, 0.6) is 0 Å². The van der Waals surface area contributed by atoms with E-state index < -0.39 is 0 Å². The Bertz CT molecular complexity index is 892. The first-order valence-corrected chi connectivity index (χ1v) is 11.7. The van der Waals surface area contributed by atoms with Crippen molar-refractivity contribution >= 4 is 11.7 Å². The number of morpholine rings is 1. The lowest BCUT2D eigenvalue weighted by atomic mass is 10.0. The molecule has 2 aliphatic heterocycles. The van der Waals surface area contributed by atoms with Crippen molar-refractivity contribution in [3.63, 3.8) is 0 Å². The van der Waals surface area contributed by atoms with Crippen LogP contribution in [0, 0.1) is 0 Å². The standard InChI is InChI=1S/C25H34N4O2/c1-4-5-7-12-23(30)28-14-13-22-21(17-28)25(29-15-18(2)31-19(3)16-29)27-24(26-22)20-10-8-6-9-11-20/h6,8-11,18-19H,4-5,7,12-17H2,1-3H3/t18-,19+. The van der Waals surface area contributed by atoms with E-state index in [0.29, 0.717) is 13.0 Å². The van der Waals surface area contributed by atoms with Crippen molar-refractivity contribution in [2.24, 2.45) is 0 Å². The van der Waals surface area contributed by atoms with Gasteiger partial charge in [0, 0.05) is 43.6 Å². The first-order chi connectivity index (χ1) is 15.0. The van der Waals surface area contributed by atoms with Crippen LogP contribution < -0.4 is 4.90 Å². The predicted molar refractivity (Wildman–Crippen MR) is 123 cm³/mol. The van der Waals surface area contributed by atoms with Crippen molar-refractivity contribution in [2.75, 3.05) is 24.5 Å². The fourth-order valence-electron chi connectivity index (χ4n) is 4.62. The molecule has 6 nitrogen and oxygen atoms in total. The largest absolute Gasteiger partial charge is 0.372 e. The van der Waals surface area contributed by atoms with Gasteiger partial charge in [0.25, 0.3) is 0 Å². The zero-order valence-corrected chi connectivity index (χ0v) is 19.0. The fourth-order valence-corrected chi connectivity index (χ4v) is 4.62. The lowest BCUT2D eigenvalue weighted by molar-refractivity contribution is -0.132. The molecule has 0 radical (unpaired) electrons. The van der Waals surface area contributed by atoms with Gasteiger partial charge in [-0.05, 0) is 20.3 Å². The maximum Gasteiger partial charge on any atom is 0.222 e. The highest BCUT2D eigenvalue weighted by Gasteiger charge is 2.31. The Morgan fingerprint density at radius 1 is 1.10 bits per heavy atom. The summed E-state index contributed by atoms with van der Waals surface area (Å²) in [6.07, 6.45) is 4.90. The van der Waals surface area contributed by atoms with Crippen molar-refractivity contribution < 1.29 is 9.53 Å². The second kappa shape index (κ2) is 9.77. The number of benzene rings is 1. The van der Waals surface area contributed by atoms with Gasteiger partial charge in [-0.1, -0.05) is 50.1 Å². The van der Waals surface area contributed by atoms with Gasteiger partial charge in [-0.15, -0.1) is 0 Å². The molecule has 2 atom stereocenters. The molecule has 1 saturated heterocycles. The number of aromatic nitrogens is 2. The van der Waals surface area contributed by atoms with E-state index >= 15 is 0 Å². The molecule has 0 spiro atoms. The van der Waals surface area contributed by atoms with Crippen molar-refractivity contribution in [1.82, 2.24) is 14.9 Å². The van der Waals surface area contributed by atoms with E-state index in [9.17, 15) is 4.79 Å². The lowest BCUT2D eigenvalue weighted by Gasteiger charge is -2.39. The maximum absolute atomic E-state index is 12.8. The third-order valence-corrected chi connectivity index (χ3v) is 6.14. The van der Waals surface area contributed by atoms with Gasteiger partial charge < -0.3 is 14.5 Å². The number of amides is 1. The highest BCUT2D eigenvalue weighted by atomic mass is 16.5. The Morgan fingerprint density at radius 3 is 2.55 bits per heavy atom. The molecule has 0 N–H and O–H groups in total. The van der Waals surface area contributed by atoms with Gasteiger partial charge in [0.05, 0.1) is 24.4 Å². The maximum atomic E-state index is 12.8. The summed E-state index contributed by atoms with van der Waals surface area (Å²) < 4.78 is 5.96. The van der Waals surface area contributed by atoms with Gasteiger partial charge in [0.15, 0.2) is 5.82 Å². The number of ether oxygens (including phenoxy) is 1. The molecular formula is C25H34N4O2. The molecule has 1 aromatic heterocycles. The molecule has 6 heteroatoms. The molecule has 1 amide bonds. The Labute approximate surface area is 185 Å². The number of carbonyl (C=O) groups excluding carboxylic acids is 1. The van der Waals surface area contributed by atoms with Crippen LogP contribution in [0.15, 0.2) is 30.3 Å². The van der Waals surface area contributed by atoms with Crippen molar-refractivity contribution in [3.05, 3.63) is 41.6 Å². The number of carbonyl (C=O) groups is 1. The smallest absolute Gasteiger partial charge is 0.222 e. The van der Waals surface area contributed by atoms with E-state index in [1.165, 1.54) is 0 Å². The zero-order chi connectivity index (χ0) is 21.8. The van der Waals surface area contributed by atoms with Gasteiger partial charge in [-0.3, -0.25) is 4.79 Å². The molecule has 2 aromatic rings.